The highest BCUT2D eigenvalue weighted by Crippen LogP contribution is 2.26. The van der Waals surface area contributed by atoms with Crippen LogP contribution in [0.15, 0.2) is 12.3 Å². The third-order valence-corrected chi connectivity index (χ3v) is 3.50. The molecule has 1 aliphatic rings. The number of hydrogen-bond acceptors (Lipinski definition) is 5. The summed E-state index contributed by atoms with van der Waals surface area (Å²) >= 11 is 0. The molecule has 0 bridgehead atoms. The van der Waals surface area contributed by atoms with E-state index in [9.17, 15) is 20.0 Å². The fraction of sp³-hybridized carbons (Fsp3) is 0.667. The number of rotatable bonds is 4. The van der Waals surface area contributed by atoms with Crippen molar-refractivity contribution in [3.05, 3.63) is 22.4 Å². The van der Waals surface area contributed by atoms with Gasteiger partial charge in [-0.25, -0.2) is 0 Å². The summed E-state index contributed by atoms with van der Waals surface area (Å²) in [6.45, 7) is 3.90. The van der Waals surface area contributed by atoms with Gasteiger partial charge in [0.05, 0.1) is 29.0 Å². The summed E-state index contributed by atoms with van der Waals surface area (Å²) in [7, 11) is 0. The van der Waals surface area contributed by atoms with Crippen molar-refractivity contribution in [2.45, 2.75) is 44.9 Å². The Balaban J connectivity index is 2.05. The molecule has 2 rings (SSSR count). The third-order valence-electron chi connectivity index (χ3n) is 3.50. The van der Waals surface area contributed by atoms with Crippen LogP contribution in [0, 0.1) is 10.1 Å². The van der Waals surface area contributed by atoms with Gasteiger partial charge in [0, 0.05) is 6.54 Å². The van der Waals surface area contributed by atoms with E-state index < -0.39 is 10.5 Å². The minimum atomic E-state index is -0.956. The van der Waals surface area contributed by atoms with Crippen molar-refractivity contribution in [2.75, 3.05) is 6.54 Å². The number of nitrogens with zero attached hydrogens (tertiary/aromatic N) is 4. The highest BCUT2D eigenvalue weighted by molar-refractivity contribution is 5.76. The summed E-state index contributed by atoms with van der Waals surface area (Å²) in [6.07, 6.45) is 3.01. The third kappa shape index (κ3) is 2.96. The Bertz CT molecular complexity index is 520. The topological polar surface area (TPSA) is 102 Å². The standard InChI is InChI=1S/C12H18N4O4/c1-12(2,18)9-4-3-6-15(9)11(17)8-14-7-5-10(13-14)16(19)20/h5,7,9,18H,3-4,6,8H2,1-2H3. The lowest BCUT2D eigenvalue weighted by molar-refractivity contribution is -0.389. The lowest BCUT2D eigenvalue weighted by atomic mass is 9.96. The maximum atomic E-state index is 12.2. The molecule has 1 aromatic heterocycles. The van der Waals surface area contributed by atoms with Crippen LogP contribution in [0.4, 0.5) is 5.82 Å². The fourth-order valence-electron chi connectivity index (χ4n) is 2.57. The SMILES string of the molecule is CC(C)(O)C1CCCN1C(=O)Cn1ccc([N+](=O)[O-])n1. The molecule has 1 aromatic rings. The van der Waals surface area contributed by atoms with E-state index in [1.807, 2.05) is 0 Å². The first-order chi connectivity index (χ1) is 9.29. The Morgan fingerprint density at radius 1 is 1.65 bits per heavy atom. The first kappa shape index (κ1) is 14.4. The Kier molecular flexibility index (Phi) is 3.76. The highest BCUT2D eigenvalue weighted by Gasteiger charge is 2.38. The van der Waals surface area contributed by atoms with Crippen LogP contribution < -0.4 is 0 Å². The molecular formula is C12H18N4O4. The van der Waals surface area contributed by atoms with Gasteiger partial charge in [0.2, 0.25) is 5.91 Å². The Morgan fingerprint density at radius 3 is 2.90 bits per heavy atom. The molecule has 8 nitrogen and oxygen atoms in total. The van der Waals surface area contributed by atoms with Crippen molar-refractivity contribution >= 4 is 11.7 Å². The summed E-state index contributed by atoms with van der Waals surface area (Å²) in [4.78, 5) is 23.8. The Labute approximate surface area is 116 Å². The molecule has 0 saturated carbocycles. The Morgan fingerprint density at radius 2 is 2.35 bits per heavy atom. The van der Waals surface area contributed by atoms with Crippen LogP contribution in [0.2, 0.25) is 0 Å². The fourth-order valence-corrected chi connectivity index (χ4v) is 2.57. The second-order valence-electron chi connectivity index (χ2n) is 5.53. The molecule has 20 heavy (non-hydrogen) atoms. The maximum absolute atomic E-state index is 12.2. The van der Waals surface area contributed by atoms with E-state index in [-0.39, 0.29) is 24.3 Å². The zero-order valence-corrected chi connectivity index (χ0v) is 11.5. The number of carbonyl (C=O) groups excluding carboxylic acids is 1. The van der Waals surface area contributed by atoms with Crippen molar-refractivity contribution in [3.8, 4) is 0 Å². The minimum Gasteiger partial charge on any atom is -0.388 e. The molecule has 1 unspecified atom stereocenters. The second-order valence-corrected chi connectivity index (χ2v) is 5.53. The summed E-state index contributed by atoms with van der Waals surface area (Å²) in [5.41, 5.74) is -0.956. The van der Waals surface area contributed by atoms with E-state index >= 15 is 0 Å². The van der Waals surface area contributed by atoms with E-state index in [4.69, 9.17) is 0 Å². The molecule has 0 radical (unpaired) electrons. The van der Waals surface area contributed by atoms with Crippen LogP contribution in [0.5, 0.6) is 0 Å². The van der Waals surface area contributed by atoms with Crippen LogP contribution in [-0.2, 0) is 11.3 Å². The lowest BCUT2D eigenvalue weighted by Gasteiger charge is -2.33. The van der Waals surface area contributed by atoms with Gasteiger partial charge in [0.15, 0.2) is 0 Å². The first-order valence-corrected chi connectivity index (χ1v) is 6.49. The van der Waals surface area contributed by atoms with Crippen LogP contribution >= 0.6 is 0 Å². The average Bonchev–Trinajstić information content (AvgIpc) is 2.95. The molecule has 0 aromatic carbocycles. The molecule has 1 saturated heterocycles. The van der Waals surface area contributed by atoms with E-state index in [0.717, 1.165) is 12.8 Å². The van der Waals surface area contributed by atoms with Crippen molar-refractivity contribution in [2.24, 2.45) is 0 Å². The van der Waals surface area contributed by atoms with Gasteiger partial charge in [-0.2, -0.15) is 4.68 Å². The number of aliphatic hydroxyl groups is 1. The van der Waals surface area contributed by atoms with Gasteiger partial charge in [0.25, 0.3) is 0 Å². The van der Waals surface area contributed by atoms with Gasteiger partial charge in [-0.05, 0) is 31.6 Å². The quantitative estimate of drug-likeness (QED) is 0.642. The van der Waals surface area contributed by atoms with Crippen molar-refractivity contribution in [3.63, 3.8) is 0 Å². The minimum absolute atomic E-state index is 0.0551. The van der Waals surface area contributed by atoms with Crippen molar-refractivity contribution < 1.29 is 14.8 Å². The summed E-state index contributed by atoms with van der Waals surface area (Å²) in [6, 6.07) is 1.03. The second kappa shape index (κ2) is 5.20. The highest BCUT2D eigenvalue weighted by atomic mass is 16.6. The van der Waals surface area contributed by atoms with E-state index in [2.05, 4.69) is 5.10 Å². The van der Waals surface area contributed by atoms with Crippen LogP contribution in [0.3, 0.4) is 0 Å². The number of aromatic nitrogens is 2. The Hall–Kier alpha value is -1.96. The van der Waals surface area contributed by atoms with Crippen LogP contribution in [0.1, 0.15) is 26.7 Å². The molecule has 0 aliphatic carbocycles. The van der Waals surface area contributed by atoms with E-state index in [0.29, 0.717) is 6.54 Å². The number of nitro groups is 1. The monoisotopic (exact) mass is 282 g/mol. The van der Waals surface area contributed by atoms with Gasteiger partial charge in [-0.1, -0.05) is 0 Å². The summed E-state index contributed by atoms with van der Waals surface area (Å²) < 4.78 is 1.25. The molecule has 1 fully saturated rings. The van der Waals surface area contributed by atoms with Gasteiger partial charge in [0.1, 0.15) is 6.54 Å². The summed E-state index contributed by atoms with van der Waals surface area (Å²) in [5, 5.41) is 24.3. The van der Waals surface area contributed by atoms with E-state index in [1.165, 1.54) is 16.9 Å². The van der Waals surface area contributed by atoms with Gasteiger partial charge >= 0.3 is 5.82 Å². The molecule has 1 atom stereocenters. The lowest BCUT2D eigenvalue weighted by Crippen LogP contribution is -2.49. The molecule has 8 heteroatoms. The maximum Gasteiger partial charge on any atom is 0.389 e. The first-order valence-electron chi connectivity index (χ1n) is 6.49. The molecular weight excluding hydrogens is 264 g/mol. The zero-order chi connectivity index (χ0) is 14.9. The van der Waals surface area contributed by atoms with Gasteiger partial charge < -0.3 is 20.1 Å². The number of hydrogen-bond donors (Lipinski definition) is 1. The number of amides is 1. The smallest absolute Gasteiger partial charge is 0.388 e. The van der Waals surface area contributed by atoms with Crippen LogP contribution in [-0.4, -0.2) is 48.8 Å². The zero-order valence-electron chi connectivity index (χ0n) is 11.5. The molecule has 1 N–H and O–H groups in total. The predicted molar refractivity (Wildman–Crippen MR) is 69.9 cm³/mol. The average molecular weight is 282 g/mol. The van der Waals surface area contributed by atoms with Gasteiger partial charge in [-0.15, -0.1) is 0 Å². The molecule has 2 heterocycles. The molecule has 1 aliphatic heterocycles. The predicted octanol–water partition coefficient (Wildman–Crippen LogP) is 0.553. The van der Waals surface area contributed by atoms with Crippen molar-refractivity contribution in [1.29, 1.82) is 0 Å². The van der Waals surface area contributed by atoms with Crippen molar-refractivity contribution in [1.82, 2.24) is 14.7 Å². The molecule has 110 valence electrons. The summed E-state index contributed by atoms with van der Waals surface area (Å²) in [5.74, 6) is -0.467. The normalized spacial score (nSPS) is 19.4. The number of carbonyl (C=O) groups is 1. The van der Waals surface area contributed by atoms with Crippen LogP contribution in [0.25, 0.3) is 0 Å². The number of likely N-dealkylation sites (tertiary alicyclic amines) is 1. The molecule has 0 spiro atoms. The molecule has 1 amide bonds. The van der Waals surface area contributed by atoms with Gasteiger partial charge in [-0.3, -0.25) is 4.79 Å². The van der Waals surface area contributed by atoms with E-state index in [1.54, 1.807) is 18.7 Å². The largest absolute Gasteiger partial charge is 0.389 e.